The summed E-state index contributed by atoms with van der Waals surface area (Å²) in [7, 11) is 0. The first-order valence-corrected chi connectivity index (χ1v) is 9.60. The number of nitrogen functional groups attached to an aromatic ring is 1. The number of esters is 1. The number of thiazole rings is 1. The van der Waals surface area contributed by atoms with Gasteiger partial charge >= 0.3 is 5.97 Å². The van der Waals surface area contributed by atoms with Crippen molar-refractivity contribution in [1.29, 1.82) is 0 Å². The molecule has 4 rings (SSSR count). The molecule has 0 radical (unpaired) electrons. The summed E-state index contributed by atoms with van der Waals surface area (Å²) in [6.45, 7) is -0.0181. The summed E-state index contributed by atoms with van der Waals surface area (Å²) in [4.78, 5) is 26.2. The fraction of sp³-hybridized carbons (Fsp3) is 0.111. The van der Waals surface area contributed by atoms with Gasteiger partial charge in [-0.05, 0) is 23.6 Å². The van der Waals surface area contributed by atoms with Gasteiger partial charge in [-0.15, -0.1) is 22.7 Å². The summed E-state index contributed by atoms with van der Waals surface area (Å²) in [5.41, 5.74) is 7.36. The zero-order chi connectivity index (χ0) is 17.9. The second kappa shape index (κ2) is 7.19. The van der Waals surface area contributed by atoms with Gasteiger partial charge in [0.25, 0.3) is 0 Å². The SMILES string of the molecule is Nc1nc(COC(=O)Cc2csc(-c3cccs3)n2)nc2ccccc12. The molecule has 0 spiro atoms. The molecule has 0 saturated heterocycles. The Bertz CT molecular complexity index is 1060. The molecule has 8 heteroatoms. The summed E-state index contributed by atoms with van der Waals surface area (Å²) in [6, 6.07) is 11.4. The maximum absolute atomic E-state index is 12.1. The number of carbonyl (C=O) groups excluding carboxylic acids is 1. The number of carbonyl (C=O) groups is 1. The first-order chi connectivity index (χ1) is 12.7. The van der Waals surface area contributed by atoms with Crippen LogP contribution < -0.4 is 5.73 Å². The second-order valence-corrected chi connectivity index (χ2v) is 7.31. The van der Waals surface area contributed by atoms with Crippen LogP contribution in [-0.2, 0) is 22.6 Å². The highest BCUT2D eigenvalue weighted by atomic mass is 32.1. The molecule has 3 aromatic heterocycles. The van der Waals surface area contributed by atoms with Crippen molar-refractivity contribution in [2.75, 3.05) is 5.73 Å². The van der Waals surface area contributed by atoms with Gasteiger partial charge in [0.2, 0.25) is 0 Å². The normalized spacial score (nSPS) is 10.9. The molecule has 0 fully saturated rings. The number of anilines is 1. The molecular weight excluding hydrogens is 368 g/mol. The highest BCUT2D eigenvalue weighted by molar-refractivity contribution is 7.20. The fourth-order valence-corrected chi connectivity index (χ4v) is 4.10. The molecule has 4 aromatic rings. The van der Waals surface area contributed by atoms with Gasteiger partial charge in [0.15, 0.2) is 12.4 Å². The third kappa shape index (κ3) is 3.56. The number of hydrogen-bond acceptors (Lipinski definition) is 8. The Morgan fingerprint density at radius 1 is 1.08 bits per heavy atom. The lowest BCUT2D eigenvalue weighted by Gasteiger charge is -2.06. The van der Waals surface area contributed by atoms with Crippen LogP contribution in [0.4, 0.5) is 5.82 Å². The lowest BCUT2D eigenvalue weighted by molar-refractivity contribution is -0.144. The molecule has 0 atom stereocenters. The first kappa shape index (κ1) is 16.6. The van der Waals surface area contributed by atoms with Crippen molar-refractivity contribution in [2.45, 2.75) is 13.0 Å². The van der Waals surface area contributed by atoms with Crippen LogP contribution in [0.2, 0.25) is 0 Å². The van der Waals surface area contributed by atoms with E-state index in [0.29, 0.717) is 17.3 Å². The molecule has 0 amide bonds. The smallest absolute Gasteiger partial charge is 0.312 e. The quantitative estimate of drug-likeness (QED) is 0.530. The number of thiophene rings is 1. The van der Waals surface area contributed by atoms with E-state index in [1.165, 1.54) is 11.3 Å². The van der Waals surface area contributed by atoms with Crippen LogP contribution in [0.15, 0.2) is 47.2 Å². The molecule has 130 valence electrons. The summed E-state index contributed by atoms with van der Waals surface area (Å²) < 4.78 is 5.28. The number of fused-ring (bicyclic) bond motifs is 1. The van der Waals surface area contributed by atoms with Crippen molar-refractivity contribution in [3.63, 3.8) is 0 Å². The standard InChI is InChI=1S/C18H14N4O2S2/c19-17-12-4-1-2-5-13(12)21-15(22-17)9-24-16(23)8-11-10-26-18(20-11)14-6-3-7-25-14/h1-7,10H,8-9H2,(H2,19,21,22). The van der Waals surface area contributed by atoms with E-state index in [-0.39, 0.29) is 19.0 Å². The Morgan fingerprint density at radius 2 is 1.96 bits per heavy atom. The number of benzene rings is 1. The third-order valence-corrected chi connectivity index (χ3v) is 5.58. The Labute approximate surface area is 157 Å². The highest BCUT2D eigenvalue weighted by Gasteiger charge is 2.12. The van der Waals surface area contributed by atoms with Gasteiger partial charge < -0.3 is 10.5 Å². The number of rotatable bonds is 5. The van der Waals surface area contributed by atoms with Crippen molar-refractivity contribution in [1.82, 2.24) is 15.0 Å². The van der Waals surface area contributed by atoms with Gasteiger partial charge in [-0.25, -0.2) is 15.0 Å². The number of ether oxygens (including phenoxy) is 1. The largest absolute Gasteiger partial charge is 0.457 e. The topological polar surface area (TPSA) is 91.0 Å². The molecule has 1 aromatic carbocycles. The predicted molar refractivity (Wildman–Crippen MR) is 103 cm³/mol. The minimum atomic E-state index is -0.372. The lowest BCUT2D eigenvalue weighted by Crippen LogP contribution is -2.10. The molecule has 0 bridgehead atoms. The number of nitrogens with zero attached hydrogens (tertiary/aromatic N) is 3. The molecule has 6 nitrogen and oxygen atoms in total. The van der Waals surface area contributed by atoms with Crippen LogP contribution in [0.1, 0.15) is 11.5 Å². The van der Waals surface area contributed by atoms with E-state index < -0.39 is 0 Å². The van der Waals surface area contributed by atoms with Gasteiger partial charge in [0.1, 0.15) is 10.8 Å². The van der Waals surface area contributed by atoms with Crippen molar-refractivity contribution in [2.24, 2.45) is 0 Å². The maximum atomic E-state index is 12.1. The molecule has 0 aliphatic heterocycles. The van der Waals surface area contributed by atoms with Crippen LogP contribution in [0.5, 0.6) is 0 Å². The number of hydrogen-bond donors (Lipinski definition) is 1. The van der Waals surface area contributed by atoms with Gasteiger partial charge in [-0.3, -0.25) is 4.79 Å². The Morgan fingerprint density at radius 3 is 2.81 bits per heavy atom. The monoisotopic (exact) mass is 382 g/mol. The summed E-state index contributed by atoms with van der Waals surface area (Å²) in [5.74, 6) is 0.386. The highest BCUT2D eigenvalue weighted by Crippen LogP contribution is 2.28. The molecule has 2 N–H and O–H groups in total. The van der Waals surface area contributed by atoms with E-state index in [0.717, 1.165) is 20.8 Å². The predicted octanol–water partition coefficient (Wildman–Crippen LogP) is 3.68. The van der Waals surface area contributed by atoms with Gasteiger partial charge in [0, 0.05) is 10.8 Å². The Balaban J connectivity index is 1.40. The van der Waals surface area contributed by atoms with E-state index in [2.05, 4.69) is 15.0 Å². The molecular formula is C18H14N4O2S2. The molecule has 0 saturated carbocycles. The molecule has 0 unspecified atom stereocenters. The summed E-state index contributed by atoms with van der Waals surface area (Å²) >= 11 is 3.14. The molecule has 0 aliphatic carbocycles. The molecule has 3 heterocycles. The Kier molecular flexibility index (Phi) is 4.59. The number of para-hydroxylation sites is 1. The van der Waals surface area contributed by atoms with E-state index >= 15 is 0 Å². The fourth-order valence-electron chi connectivity index (χ4n) is 2.46. The average Bonchev–Trinajstić information content (AvgIpc) is 3.31. The van der Waals surface area contributed by atoms with Crippen LogP contribution in [0.25, 0.3) is 20.8 Å². The minimum absolute atomic E-state index is 0.0181. The van der Waals surface area contributed by atoms with Crippen molar-refractivity contribution in [3.05, 3.63) is 58.7 Å². The average molecular weight is 382 g/mol. The number of aromatic nitrogens is 3. The molecule has 0 aliphatic rings. The van der Waals surface area contributed by atoms with Gasteiger partial charge in [-0.2, -0.15) is 0 Å². The number of nitrogens with two attached hydrogens (primary N) is 1. The first-order valence-electron chi connectivity index (χ1n) is 7.84. The van der Waals surface area contributed by atoms with Gasteiger partial charge in [-0.1, -0.05) is 18.2 Å². The lowest BCUT2D eigenvalue weighted by atomic mass is 10.2. The summed E-state index contributed by atoms with van der Waals surface area (Å²) in [5, 5.41) is 5.57. The minimum Gasteiger partial charge on any atom is -0.457 e. The van der Waals surface area contributed by atoms with Crippen LogP contribution in [0, 0.1) is 0 Å². The van der Waals surface area contributed by atoms with Crippen LogP contribution >= 0.6 is 22.7 Å². The zero-order valence-electron chi connectivity index (χ0n) is 13.6. The zero-order valence-corrected chi connectivity index (χ0v) is 15.2. The molecule has 26 heavy (non-hydrogen) atoms. The van der Waals surface area contributed by atoms with Gasteiger partial charge in [0.05, 0.1) is 22.5 Å². The van der Waals surface area contributed by atoms with E-state index in [4.69, 9.17) is 10.5 Å². The van der Waals surface area contributed by atoms with Crippen molar-refractivity contribution < 1.29 is 9.53 Å². The van der Waals surface area contributed by atoms with E-state index in [1.54, 1.807) is 11.3 Å². The second-order valence-electron chi connectivity index (χ2n) is 5.50. The summed E-state index contributed by atoms with van der Waals surface area (Å²) in [6.07, 6.45) is 0.116. The van der Waals surface area contributed by atoms with Crippen molar-refractivity contribution in [3.8, 4) is 9.88 Å². The van der Waals surface area contributed by atoms with E-state index in [1.807, 2.05) is 47.2 Å². The third-order valence-electron chi connectivity index (χ3n) is 3.65. The van der Waals surface area contributed by atoms with Crippen LogP contribution in [0.3, 0.4) is 0 Å². The van der Waals surface area contributed by atoms with Crippen molar-refractivity contribution >= 4 is 45.4 Å². The van der Waals surface area contributed by atoms with Crippen LogP contribution in [-0.4, -0.2) is 20.9 Å². The van der Waals surface area contributed by atoms with E-state index in [9.17, 15) is 4.79 Å². The Hall–Kier alpha value is -2.84. The maximum Gasteiger partial charge on any atom is 0.312 e.